The summed E-state index contributed by atoms with van der Waals surface area (Å²) in [6.07, 6.45) is 4.10. The fourth-order valence-corrected chi connectivity index (χ4v) is 2.83. The van der Waals surface area contributed by atoms with E-state index in [1.54, 1.807) is 0 Å². The van der Waals surface area contributed by atoms with Crippen molar-refractivity contribution in [3.63, 3.8) is 0 Å². The Kier molecular flexibility index (Phi) is 4.77. The molecule has 3 N–H and O–H groups in total. The molecule has 0 amide bonds. The van der Waals surface area contributed by atoms with Crippen LogP contribution in [0.15, 0.2) is 0 Å². The number of rotatable bonds is 5. The minimum absolute atomic E-state index is 0.148. The van der Waals surface area contributed by atoms with Crippen molar-refractivity contribution in [3.8, 4) is 0 Å². The summed E-state index contributed by atoms with van der Waals surface area (Å²) >= 11 is 0. The van der Waals surface area contributed by atoms with Crippen LogP contribution in [0.4, 0.5) is 0 Å². The van der Waals surface area contributed by atoms with E-state index in [1.165, 1.54) is 12.8 Å². The topological polar surface area (TPSA) is 55.5 Å². The minimum atomic E-state index is -0.148. The van der Waals surface area contributed by atoms with Gasteiger partial charge in [0.2, 0.25) is 0 Å². The average Bonchev–Trinajstić information content (AvgIpc) is 2.21. The molecule has 1 aliphatic carbocycles. The van der Waals surface area contributed by atoms with Gasteiger partial charge < -0.3 is 15.6 Å². The molecule has 0 saturated heterocycles. The van der Waals surface area contributed by atoms with Gasteiger partial charge in [0.15, 0.2) is 0 Å². The molecule has 0 radical (unpaired) electrons. The van der Waals surface area contributed by atoms with E-state index < -0.39 is 0 Å². The summed E-state index contributed by atoms with van der Waals surface area (Å²) in [5, 5.41) is 8.79. The molecule has 0 aromatic rings. The Morgan fingerprint density at radius 3 is 2.56 bits per heavy atom. The molecule has 2 atom stereocenters. The Balaban J connectivity index is 2.58. The Hall–Kier alpha value is -0.120. The zero-order valence-corrected chi connectivity index (χ0v) is 11.0. The van der Waals surface area contributed by atoms with Crippen LogP contribution in [0.2, 0.25) is 0 Å². The highest BCUT2D eigenvalue weighted by molar-refractivity contribution is 4.95. The highest BCUT2D eigenvalue weighted by atomic mass is 16.5. The number of aliphatic hydroxyl groups is 1. The molecule has 1 aliphatic rings. The predicted molar refractivity (Wildman–Crippen MR) is 66.2 cm³/mol. The molecular weight excluding hydrogens is 202 g/mol. The molecule has 0 heterocycles. The lowest BCUT2D eigenvalue weighted by Gasteiger charge is -2.47. The van der Waals surface area contributed by atoms with Crippen molar-refractivity contribution in [2.45, 2.75) is 52.1 Å². The molecule has 16 heavy (non-hydrogen) atoms. The van der Waals surface area contributed by atoms with Crippen LogP contribution < -0.4 is 5.73 Å². The third-order valence-electron chi connectivity index (χ3n) is 4.02. The maximum atomic E-state index is 8.79. The summed E-state index contributed by atoms with van der Waals surface area (Å²) in [5.74, 6) is 0.500. The van der Waals surface area contributed by atoms with Gasteiger partial charge in [-0.05, 0) is 37.0 Å². The number of aliphatic hydroxyl groups excluding tert-OH is 1. The van der Waals surface area contributed by atoms with Gasteiger partial charge in [-0.2, -0.15) is 0 Å². The highest BCUT2D eigenvalue weighted by Crippen LogP contribution is 2.45. The average molecular weight is 229 g/mol. The van der Waals surface area contributed by atoms with E-state index in [9.17, 15) is 0 Å². The maximum absolute atomic E-state index is 8.79. The van der Waals surface area contributed by atoms with E-state index in [2.05, 4.69) is 20.8 Å². The first-order valence-corrected chi connectivity index (χ1v) is 6.41. The summed E-state index contributed by atoms with van der Waals surface area (Å²) in [6.45, 7) is 8.29. The van der Waals surface area contributed by atoms with Gasteiger partial charge in [0, 0.05) is 19.8 Å². The van der Waals surface area contributed by atoms with Crippen LogP contribution in [0.25, 0.3) is 0 Å². The third-order valence-corrected chi connectivity index (χ3v) is 4.02. The molecular formula is C13H27NO2. The predicted octanol–water partition coefficient (Wildman–Crippen LogP) is 1.93. The fourth-order valence-electron chi connectivity index (χ4n) is 2.83. The highest BCUT2D eigenvalue weighted by Gasteiger charge is 2.43. The van der Waals surface area contributed by atoms with Crippen molar-refractivity contribution < 1.29 is 9.84 Å². The van der Waals surface area contributed by atoms with Gasteiger partial charge in [-0.1, -0.05) is 20.8 Å². The molecule has 0 aliphatic heterocycles. The SMILES string of the molecule is CC1CC(C)(C)CCC1(CN)OCCCO. The molecule has 3 heteroatoms. The second kappa shape index (κ2) is 5.48. The standard InChI is InChI=1S/C13H27NO2/c1-11-9-12(2,3)5-6-13(11,10-14)16-8-4-7-15/h11,15H,4-10,14H2,1-3H3. The summed E-state index contributed by atoms with van der Waals surface area (Å²) in [7, 11) is 0. The number of nitrogens with two attached hydrogens (primary N) is 1. The van der Waals surface area contributed by atoms with E-state index in [0.29, 0.717) is 30.9 Å². The molecule has 2 unspecified atom stereocenters. The Morgan fingerprint density at radius 1 is 1.38 bits per heavy atom. The van der Waals surface area contributed by atoms with E-state index >= 15 is 0 Å². The monoisotopic (exact) mass is 229 g/mol. The van der Waals surface area contributed by atoms with Gasteiger partial charge >= 0.3 is 0 Å². The zero-order valence-electron chi connectivity index (χ0n) is 11.0. The normalized spacial score (nSPS) is 33.9. The number of hydrogen-bond donors (Lipinski definition) is 2. The number of ether oxygens (including phenoxy) is 1. The molecule has 0 aromatic carbocycles. The molecule has 0 bridgehead atoms. The first-order chi connectivity index (χ1) is 7.46. The Morgan fingerprint density at radius 2 is 2.06 bits per heavy atom. The van der Waals surface area contributed by atoms with Gasteiger partial charge in [0.05, 0.1) is 5.60 Å². The fraction of sp³-hybridized carbons (Fsp3) is 1.00. The van der Waals surface area contributed by atoms with Crippen LogP contribution in [-0.4, -0.2) is 30.5 Å². The van der Waals surface area contributed by atoms with Crippen molar-refractivity contribution in [1.29, 1.82) is 0 Å². The first-order valence-electron chi connectivity index (χ1n) is 6.41. The first kappa shape index (κ1) is 13.9. The van der Waals surface area contributed by atoms with Crippen LogP contribution >= 0.6 is 0 Å². The van der Waals surface area contributed by atoms with Crippen molar-refractivity contribution in [1.82, 2.24) is 0 Å². The van der Waals surface area contributed by atoms with Crippen LogP contribution in [0.3, 0.4) is 0 Å². The van der Waals surface area contributed by atoms with Gasteiger partial charge in [-0.15, -0.1) is 0 Å². The summed E-state index contributed by atoms with van der Waals surface area (Å²) in [5.41, 5.74) is 6.18. The minimum Gasteiger partial charge on any atom is -0.396 e. The molecule has 1 saturated carbocycles. The number of hydrogen-bond acceptors (Lipinski definition) is 3. The third kappa shape index (κ3) is 3.19. The van der Waals surface area contributed by atoms with E-state index in [0.717, 1.165) is 6.42 Å². The second-order valence-electron chi connectivity index (χ2n) is 5.96. The van der Waals surface area contributed by atoms with E-state index in [4.69, 9.17) is 15.6 Å². The van der Waals surface area contributed by atoms with Crippen molar-refractivity contribution in [3.05, 3.63) is 0 Å². The maximum Gasteiger partial charge on any atom is 0.0829 e. The lowest BCUT2D eigenvalue weighted by atomic mass is 9.65. The Labute approximate surface area is 99.4 Å². The molecule has 3 nitrogen and oxygen atoms in total. The van der Waals surface area contributed by atoms with Crippen molar-refractivity contribution in [2.24, 2.45) is 17.1 Å². The van der Waals surface area contributed by atoms with Gasteiger partial charge in [-0.25, -0.2) is 0 Å². The van der Waals surface area contributed by atoms with Gasteiger partial charge in [0.1, 0.15) is 0 Å². The molecule has 0 aromatic heterocycles. The summed E-state index contributed by atoms with van der Waals surface area (Å²) in [6, 6.07) is 0. The second-order valence-corrected chi connectivity index (χ2v) is 5.96. The van der Waals surface area contributed by atoms with Crippen molar-refractivity contribution >= 4 is 0 Å². The molecule has 0 spiro atoms. The van der Waals surface area contributed by atoms with E-state index in [-0.39, 0.29) is 12.2 Å². The molecule has 1 fully saturated rings. The summed E-state index contributed by atoms with van der Waals surface area (Å²) < 4.78 is 5.98. The van der Waals surface area contributed by atoms with Crippen LogP contribution in [0.1, 0.15) is 46.5 Å². The van der Waals surface area contributed by atoms with Gasteiger partial charge in [-0.3, -0.25) is 0 Å². The molecule has 96 valence electrons. The van der Waals surface area contributed by atoms with E-state index in [1.807, 2.05) is 0 Å². The zero-order chi connectivity index (χ0) is 12.2. The van der Waals surface area contributed by atoms with Crippen LogP contribution in [-0.2, 0) is 4.74 Å². The lowest BCUT2D eigenvalue weighted by Crippen LogP contribution is -2.51. The lowest BCUT2D eigenvalue weighted by molar-refractivity contribution is -0.118. The molecule has 1 rings (SSSR count). The smallest absolute Gasteiger partial charge is 0.0829 e. The Bertz CT molecular complexity index is 218. The quantitative estimate of drug-likeness (QED) is 0.708. The van der Waals surface area contributed by atoms with Crippen molar-refractivity contribution in [2.75, 3.05) is 19.8 Å². The van der Waals surface area contributed by atoms with Gasteiger partial charge in [0.25, 0.3) is 0 Å². The van der Waals surface area contributed by atoms with Crippen LogP contribution in [0.5, 0.6) is 0 Å². The van der Waals surface area contributed by atoms with Crippen LogP contribution in [0, 0.1) is 11.3 Å². The summed E-state index contributed by atoms with van der Waals surface area (Å²) in [4.78, 5) is 0. The largest absolute Gasteiger partial charge is 0.396 e.